The van der Waals surface area contributed by atoms with Crippen molar-refractivity contribution in [1.82, 2.24) is 19.4 Å². The number of rotatable bonds is 4. The van der Waals surface area contributed by atoms with Crippen LogP contribution in [0.2, 0.25) is 5.02 Å². The fourth-order valence-corrected chi connectivity index (χ4v) is 4.38. The summed E-state index contributed by atoms with van der Waals surface area (Å²) in [6.07, 6.45) is 1.99. The number of hydrogen-bond donors (Lipinski definition) is 0. The third kappa shape index (κ3) is 4.06. The Balaban J connectivity index is 1.31. The number of piperazine rings is 1. The van der Waals surface area contributed by atoms with Crippen molar-refractivity contribution >= 4 is 34.9 Å². The van der Waals surface area contributed by atoms with Crippen molar-refractivity contribution in [3.05, 3.63) is 58.7 Å². The molecule has 2 fully saturated rings. The van der Waals surface area contributed by atoms with Gasteiger partial charge in [-0.1, -0.05) is 23.7 Å². The average molecular weight is 467 g/mol. The van der Waals surface area contributed by atoms with Crippen LogP contribution in [0.4, 0.5) is 0 Å². The highest BCUT2D eigenvalue weighted by atomic mass is 35.5. The van der Waals surface area contributed by atoms with Crippen molar-refractivity contribution in [3.63, 3.8) is 0 Å². The molecular formula is C24H23ClN4O4. The zero-order valence-electron chi connectivity index (χ0n) is 18.2. The molecule has 2 aromatic heterocycles. The second-order valence-corrected chi connectivity index (χ2v) is 8.76. The van der Waals surface area contributed by atoms with Gasteiger partial charge in [0.15, 0.2) is 5.69 Å². The van der Waals surface area contributed by atoms with E-state index in [2.05, 4.69) is 5.10 Å². The van der Waals surface area contributed by atoms with E-state index in [4.69, 9.17) is 16.3 Å². The van der Waals surface area contributed by atoms with Gasteiger partial charge in [-0.2, -0.15) is 5.10 Å². The van der Waals surface area contributed by atoms with Crippen molar-refractivity contribution in [3.8, 4) is 11.3 Å². The van der Waals surface area contributed by atoms with Crippen LogP contribution in [0.1, 0.15) is 33.7 Å². The highest BCUT2D eigenvalue weighted by Crippen LogP contribution is 2.31. The van der Waals surface area contributed by atoms with Crippen molar-refractivity contribution in [1.29, 1.82) is 0 Å². The fourth-order valence-electron chi connectivity index (χ4n) is 4.13. The smallest absolute Gasteiger partial charge is 0.356 e. The molecule has 1 aromatic carbocycles. The maximum atomic E-state index is 12.9. The number of fused-ring (bicyclic) bond motifs is 1. The lowest BCUT2D eigenvalue weighted by Gasteiger charge is -2.35. The first-order valence-corrected chi connectivity index (χ1v) is 11.3. The number of aromatic nitrogens is 2. The Morgan fingerprint density at radius 3 is 2.27 bits per heavy atom. The molecule has 1 saturated carbocycles. The first-order chi connectivity index (χ1) is 16.0. The van der Waals surface area contributed by atoms with Crippen LogP contribution in [0.15, 0.2) is 42.5 Å². The summed E-state index contributed by atoms with van der Waals surface area (Å²) in [5.74, 6) is -0.135. The number of hydrogen-bond acceptors (Lipinski definition) is 5. The maximum absolute atomic E-state index is 12.9. The van der Waals surface area contributed by atoms with Gasteiger partial charge >= 0.3 is 5.97 Å². The molecular weight excluding hydrogens is 444 g/mol. The van der Waals surface area contributed by atoms with E-state index in [9.17, 15) is 14.4 Å². The number of methoxy groups -OCH3 is 1. The van der Waals surface area contributed by atoms with E-state index in [1.165, 1.54) is 17.7 Å². The Morgan fingerprint density at radius 1 is 0.970 bits per heavy atom. The fraction of sp³-hybridized carbons (Fsp3) is 0.333. The molecule has 0 unspecified atom stereocenters. The lowest BCUT2D eigenvalue weighted by molar-refractivity contribution is -0.134. The lowest BCUT2D eigenvalue weighted by atomic mass is 10.1. The molecule has 1 aliphatic carbocycles. The van der Waals surface area contributed by atoms with E-state index in [0.29, 0.717) is 48.0 Å². The second-order valence-electron chi connectivity index (χ2n) is 8.35. The van der Waals surface area contributed by atoms with Crippen LogP contribution in [0, 0.1) is 5.92 Å². The molecule has 3 heterocycles. The molecule has 0 N–H and O–H groups in total. The van der Waals surface area contributed by atoms with Crippen LogP contribution in [0.5, 0.6) is 0 Å². The summed E-state index contributed by atoms with van der Waals surface area (Å²) in [6.45, 7) is 2.26. The van der Waals surface area contributed by atoms with E-state index in [-0.39, 0.29) is 23.4 Å². The van der Waals surface area contributed by atoms with E-state index >= 15 is 0 Å². The monoisotopic (exact) mass is 466 g/mol. The van der Waals surface area contributed by atoms with Crippen molar-refractivity contribution in [2.45, 2.75) is 12.8 Å². The predicted molar refractivity (Wildman–Crippen MR) is 122 cm³/mol. The number of amides is 2. The standard InChI is InChI=1S/C24H23ClN4O4/c1-33-24(32)21-14-18(25)20-9-8-19(26-29(20)21)15-2-4-16(5-3-15)22(30)27-10-12-28(13-11-27)23(31)17-6-7-17/h2-5,8-9,14,17H,6-7,10-13H2,1H3. The van der Waals surface area contributed by atoms with E-state index in [1.54, 1.807) is 23.1 Å². The molecule has 3 aromatic rings. The maximum Gasteiger partial charge on any atom is 0.356 e. The zero-order chi connectivity index (χ0) is 23.1. The number of benzene rings is 1. The van der Waals surface area contributed by atoms with Gasteiger partial charge in [0, 0.05) is 43.2 Å². The first-order valence-electron chi connectivity index (χ1n) is 10.9. The quantitative estimate of drug-likeness (QED) is 0.551. The van der Waals surface area contributed by atoms with Crippen LogP contribution in [0.25, 0.3) is 16.8 Å². The summed E-state index contributed by atoms with van der Waals surface area (Å²) < 4.78 is 6.28. The van der Waals surface area contributed by atoms with Gasteiger partial charge in [-0.3, -0.25) is 9.59 Å². The van der Waals surface area contributed by atoms with Crippen LogP contribution >= 0.6 is 11.6 Å². The molecule has 1 aliphatic heterocycles. The third-order valence-corrected chi connectivity index (χ3v) is 6.50. The van der Waals surface area contributed by atoms with Crippen LogP contribution in [-0.4, -0.2) is 70.5 Å². The first kappa shape index (κ1) is 21.5. The van der Waals surface area contributed by atoms with Gasteiger partial charge in [-0.25, -0.2) is 9.31 Å². The Bertz CT molecular complexity index is 1240. The minimum atomic E-state index is -0.526. The molecule has 2 aliphatic rings. The highest BCUT2D eigenvalue weighted by molar-refractivity contribution is 6.34. The zero-order valence-corrected chi connectivity index (χ0v) is 18.9. The Labute approximate surface area is 195 Å². The molecule has 8 nitrogen and oxygen atoms in total. The molecule has 33 heavy (non-hydrogen) atoms. The summed E-state index contributed by atoms with van der Waals surface area (Å²) in [5, 5.41) is 4.95. The Morgan fingerprint density at radius 2 is 1.64 bits per heavy atom. The number of carbonyl (C=O) groups is 3. The van der Waals surface area contributed by atoms with E-state index in [1.807, 2.05) is 23.1 Å². The summed E-state index contributed by atoms with van der Waals surface area (Å²) >= 11 is 6.22. The van der Waals surface area contributed by atoms with Crippen LogP contribution in [-0.2, 0) is 9.53 Å². The van der Waals surface area contributed by atoms with Gasteiger partial charge in [-0.05, 0) is 43.2 Å². The Hall–Kier alpha value is -3.39. The highest BCUT2D eigenvalue weighted by Gasteiger charge is 2.35. The van der Waals surface area contributed by atoms with Gasteiger partial charge in [0.1, 0.15) is 0 Å². The van der Waals surface area contributed by atoms with Gasteiger partial charge in [-0.15, -0.1) is 0 Å². The number of ether oxygens (including phenoxy) is 1. The largest absolute Gasteiger partial charge is 0.464 e. The SMILES string of the molecule is COC(=O)c1cc(Cl)c2ccc(-c3ccc(C(=O)N4CCN(C(=O)C5CC5)CC4)cc3)nn12. The molecule has 170 valence electrons. The predicted octanol–water partition coefficient (Wildman–Crippen LogP) is 3.14. The van der Waals surface area contributed by atoms with Crippen LogP contribution < -0.4 is 0 Å². The van der Waals surface area contributed by atoms with Crippen molar-refractivity contribution in [2.75, 3.05) is 33.3 Å². The van der Waals surface area contributed by atoms with Gasteiger partial charge in [0.2, 0.25) is 5.91 Å². The van der Waals surface area contributed by atoms with Crippen molar-refractivity contribution in [2.24, 2.45) is 5.92 Å². The topological polar surface area (TPSA) is 84.2 Å². The minimum absolute atomic E-state index is 0.0475. The van der Waals surface area contributed by atoms with E-state index in [0.717, 1.165) is 18.4 Å². The lowest BCUT2D eigenvalue weighted by Crippen LogP contribution is -2.51. The molecule has 0 bridgehead atoms. The van der Waals surface area contributed by atoms with Crippen molar-refractivity contribution < 1.29 is 19.1 Å². The summed E-state index contributed by atoms with van der Waals surface area (Å²) in [5.41, 5.74) is 2.86. The van der Waals surface area contributed by atoms with Gasteiger partial charge in [0.05, 0.1) is 23.3 Å². The molecule has 2 amide bonds. The summed E-state index contributed by atoms with van der Waals surface area (Å²) in [4.78, 5) is 40.9. The number of halogens is 1. The molecule has 0 atom stereocenters. The second kappa shape index (κ2) is 8.51. The summed E-state index contributed by atoms with van der Waals surface area (Å²) in [7, 11) is 1.31. The summed E-state index contributed by atoms with van der Waals surface area (Å²) in [6, 6.07) is 12.3. The Kier molecular flexibility index (Phi) is 5.54. The molecule has 5 rings (SSSR count). The average Bonchev–Trinajstić information content (AvgIpc) is 3.66. The molecule has 0 radical (unpaired) electrons. The van der Waals surface area contributed by atoms with Crippen LogP contribution in [0.3, 0.4) is 0 Å². The minimum Gasteiger partial charge on any atom is -0.464 e. The molecule has 0 spiro atoms. The third-order valence-electron chi connectivity index (χ3n) is 6.20. The van der Waals surface area contributed by atoms with Gasteiger partial charge in [0.25, 0.3) is 5.91 Å². The number of carbonyl (C=O) groups excluding carboxylic acids is 3. The normalized spacial score (nSPS) is 16.2. The molecule has 1 saturated heterocycles. The number of esters is 1. The number of nitrogens with zero attached hydrogens (tertiary/aromatic N) is 4. The molecule has 9 heteroatoms. The van der Waals surface area contributed by atoms with Gasteiger partial charge < -0.3 is 14.5 Å². The van der Waals surface area contributed by atoms with E-state index < -0.39 is 5.97 Å².